The number of fused-ring (bicyclic) bond motifs is 15. The summed E-state index contributed by atoms with van der Waals surface area (Å²) < 4.78 is 11.1. The van der Waals surface area contributed by atoms with Gasteiger partial charge in [0.25, 0.3) is 11.1 Å². The van der Waals surface area contributed by atoms with Crippen molar-refractivity contribution in [1.29, 1.82) is 0 Å². The molecule has 0 N–H and O–H groups in total. The minimum absolute atomic E-state index is 0.00620. The molecule has 0 radical (unpaired) electrons. The van der Waals surface area contributed by atoms with E-state index in [2.05, 4.69) is 242 Å². The normalized spacial score (nSPS) is 12.1. The van der Waals surface area contributed by atoms with Gasteiger partial charge in [0.05, 0.1) is 27.6 Å². The molecule has 0 aliphatic rings. The molecule has 0 aliphatic carbocycles. The van der Waals surface area contributed by atoms with E-state index in [0.29, 0.717) is 10.8 Å². The van der Waals surface area contributed by atoms with Gasteiger partial charge in [0.1, 0.15) is 5.82 Å². The van der Waals surface area contributed by atoms with Crippen molar-refractivity contribution in [1.82, 2.24) is 18.5 Å². The summed E-state index contributed by atoms with van der Waals surface area (Å²) in [6, 6.07) is 97.0. The fourth-order valence-electron chi connectivity index (χ4n) is 14.6. The first kappa shape index (κ1) is 51.7. The molecule has 0 aliphatic heterocycles. The highest BCUT2D eigenvalue weighted by Crippen LogP contribution is 2.44. The van der Waals surface area contributed by atoms with Crippen molar-refractivity contribution in [3.63, 3.8) is 0 Å². The molecular weight excluding hydrogens is 1150 g/mol. The molecule has 6 heterocycles. The molecule has 6 nitrogen and oxygen atoms in total. The topological polar surface area (TPSA) is 61.3 Å². The van der Waals surface area contributed by atoms with Gasteiger partial charge in [0.15, 0.2) is 0 Å². The van der Waals surface area contributed by atoms with Crippen molar-refractivity contribution < 1.29 is 0 Å². The van der Waals surface area contributed by atoms with Crippen LogP contribution in [0.3, 0.4) is 0 Å². The number of benzene rings is 13. The minimum Gasteiger partial charge on any atom is -0.296 e. The highest BCUT2D eigenvalue weighted by Gasteiger charge is 2.22. The van der Waals surface area contributed by atoms with E-state index in [1.54, 1.807) is 0 Å². The van der Waals surface area contributed by atoms with Gasteiger partial charge >= 0.3 is 0 Å². The van der Waals surface area contributed by atoms with Crippen LogP contribution in [0.2, 0.25) is 0 Å². The molecule has 426 valence electrons. The van der Waals surface area contributed by atoms with Crippen molar-refractivity contribution >= 4 is 134 Å². The van der Waals surface area contributed by atoms with E-state index in [0.717, 1.165) is 134 Å². The van der Waals surface area contributed by atoms with E-state index in [9.17, 15) is 9.59 Å². The average Bonchev–Trinajstić information content (AvgIpc) is 1.92. The Morgan fingerprint density at radius 3 is 1.45 bits per heavy atom. The molecule has 19 aromatic rings. The Bertz CT molecular complexity index is 6430. The summed E-state index contributed by atoms with van der Waals surface area (Å²) in [5.41, 5.74) is 17.7. The van der Waals surface area contributed by atoms with E-state index >= 15 is 0 Å². The van der Waals surface area contributed by atoms with E-state index in [1.807, 2.05) is 74.1 Å². The summed E-state index contributed by atoms with van der Waals surface area (Å²) in [7, 11) is 0. The number of aryl methyl sites for hydroxylation is 1. The van der Waals surface area contributed by atoms with Crippen LogP contribution in [-0.4, -0.2) is 18.5 Å². The minimum atomic E-state index is -0.0509. The molecule has 0 spiro atoms. The smallest absolute Gasteiger partial charge is 0.263 e. The van der Waals surface area contributed by atoms with Crippen LogP contribution in [-0.2, 0) is 6.42 Å². The lowest BCUT2D eigenvalue weighted by atomic mass is 9.95. The van der Waals surface area contributed by atoms with Crippen molar-refractivity contribution in [2.24, 2.45) is 0 Å². The van der Waals surface area contributed by atoms with Crippen LogP contribution >= 0.6 is 22.7 Å². The zero-order valence-electron chi connectivity index (χ0n) is 49.1. The van der Waals surface area contributed by atoms with E-state index in [1.165, 1.54) is 45.9 Å². The van der Waals surface area contributed by atoms with Gasteiger partial charge in [-0.05, 0) is 194 Å². The summed E-state index contributed by atoms with van der Waals surface area (Å²) in [6.45, 7) is 2.15. The fraction of sp³-hybridized carbons (Fsp3) is 0.0241. The first-order chi connectivity index (χ1) is 44.8. The maximum absolute atomic E-state index is 14.6. The van der Waals surface area contributed by atoms with Crippen molar-refractivity contribution in [3.05, 3.63) is 300 Å². The molecular formula is C83H50N4O2S2. The summed E-state index contributed by atoms with van der Waals surface area (Å²) in [6.07, 6.45) is 0.740. The number of rotatable bonds is 8. The first-order valence-electron chi connectivity index (χ1n) is 30.9. The Balaban J connectivity index is 0.662. The van der Waals surface area contributed by atoms with E-state index in [4.69, 9.17) is 4.98 Å². The molecule has 91 heavy (non-hydrogen) atoms. The molecule has 0 fully saturated rings. The highest BCUT2D eigenvalue weighted by atomic mass is 32.1. The predicted octanol–water partition coefficient (Wildman–Crippen LogP) is 21.6. The number of hydrogen-bond donors (Lipinski definition) is 0. The largest absolute Gasteiger partial charge is 0.296 e. The second-order valence-electron chi connectivity index (χ2n) is 24.0. The van der Waals surface area contributed by atoms with E-state index < -0.39 is 0 Å². The number of thiophene rings is 2. The quantitative estimate of drug-likeness (QED) is 0.142. The lowest BCUT2D eigenvalue weighted by Crippen LogP contribution is -2.19. The van der Waals surface area contributed by atoms with Crippen LogP contribution in [0.25, 0.3) is 178 Å². The van der Waals surface area contributed by atoms with Crippen LogP contribution in [0.4, 0.5) is 0 Å². The molecule has 0 unspecified atom stereocenters. The lowest BCUT2D eigenvalue weighted by molar-refractivity contribution is 0.907. The first-order valence-corrected chi connectivity index (χ1v) is 32.5. The predicted molar refractivity (Wildman–Crippen MR) is 385 cm³/mol. The van der Waals surface area contributed by atoms with Gasteiger partial charge in [0, 0.05) is 90.5 Å². The zero-order valence-corrected chi connectivity index (χ0v) is 50.7. The third-order valence-electron chi connectivity index (χ3n) is 19.0. The summed E-state index contributed by atoms with van der Waals surface area (Å²) in [4.78, 5) is 34.4. The highest BCUT2D eigenvalue weighted by molar-refractivity contribution is 7.26. The molecule has 13 aromatic carbocycles. The van der Waals surface area contributed by atoms with Crippen molar-refractivity contribution in [2.75, 3.05) is 0 Å². The number of pyridine rings is 2. The molecule has 0 atom stereocenters. The molecule has 0 saturated heterocycles. The van der Waals surface area contributed by atoms with Gasteiger partial charge in [-0.3, -0.25) is 23.1 Å². The van der Waals surface area contributed by atoms with Crippen LogP contribution in [0.1, 0.15) is 12.7 Å². The molecule has 0 amide bonds. The monoisotopic (exact) mass is 1200 g/mol. The van der Waals surface area contributed by atoms with Crippen LogP contribution in [0.15, 0.2) is 283 Å². The summed E-state index contributed by atoms with van der Waals surface area (Å²) >= 11 is 3.65. The third kappa shape index (κ3) is 7.93. The van der Waals surface area contributed by atoms with Crippen LogP contribution < -0.4 is 11.1 Å². The maximum atomic E-state index is 14.6. The van der Waals surface area contributed by atoms with Gasteiger partial charge < -0.3 is 0 Å². The standard InChI is InChI=1S/C83H50N4O2S2/c1-2-80-84-72-46-55(26-36-75(72)85(80)58-29-31-59(32-30-58)86-73-34-24-51(40-66(73)60-17-6-8-20-64(60)82(86)88)50-16-12-15-49(39-50)48-13-4-3-5-14-48)56-23-33-63-69-43-54(28-38-78(69)91-79(63)47-56)57-44-70-61-18-7-9-21-65(61)83(89)87-74-35-25-52(41-67(74)71(45-57)81(70)87)53-27-37-77-68(42-53)62-19-10-11-22-76(62)90-77/h3-47H,2H2,1H3. The average molecular weight is 1200 g/mol. The Morgan fingerprint density at radius 2 is 0.747 bits per heavy atom. The van der Waals surface area contributed by atoms with Crippen LogP contribution in [0, 0.1) is 0 Å². The fourth-order valence-corrected chi connectivity index (χ4v) is 16.8. The second-order valence-corrected chi connectivity index (χ2v) is 26.1. The molecule has 19 rings (SSSR count). The van der Waals surface area contributed by atoms with E-state index in [-0.39, 0.29) is 11.1 Å². The maximum Gasteiger partial charge on any atom is 0.263 e. The van der Waals surface area contributed by atoms with Crippen LogP contribution in [0.5, 0.6) is 0 Å². The zero-order chi connectivity index (χ0) is 60.2. The third-order valence-corrected chi connectivity index (χ3v) is 21.2. The Labute approximate surface area is 528 Å². The number of hydrogen-bond acceptors (Lipinski definition) is 5. The van der Waals surface area contributed by atoms with Gasteiger partial charge in [-0.15, -0.1) is 22.7 Å². The SMILES string of the molecule is CCc1nc2cc(-c3ccc4c(c3)sc3ccc(-c5cc6c7ccccc7c(=O)n7c8ccc(-c9ccc%10sc%11ccccc%11c%10c9)cc8c(c5)c67)cc34)ccc2n1-c1ccc(-n2c(=O)c3ccccc3c3cc(-c4cccc(-c5ccccc5)c4)ccc32)cc1. The molecule has 6 aromatic heterocycles. The Morgan fingerprint density at radius 1 is 0.297 bits per heavy atom. The Kier molecular flexibility index (Phi) is 11.3. The van der Waals surface area contributed by atoms with Crippen molar-refractivity contribution in [3.8, 4) is 67.0 Å². The van der Waals surface area contributed by atoms with Gasteiger partial charge in [-0.25, -0.2) is 4.98 Å². The van der Waals surface area contributed by atoms with Gasteiger partial charge in [-0.1, -0.05) is 153 Å². The molecule has 0 bridgehead atoms. The van der Waals surface area contributed by atoms with Crippen molar-refractivity contribution in [2.45, 2.75) is 13.3 Å². The second kappa shape index (κ2) is 19.9. The Hall–Kier alpha value is -11.3. The van der Waals surface area contributed by atoms with Gasteiger partial charge in [0.2, 0.25) is 0 Å². The summed E-state index contributed by atoms with van der Waals surface area (Å²) in [5, 5.41) is 12.5. The summed E-state index contributed by atoms with van der Waals surface area (Å²) in [5.74, 6) is 0.963. The number of nitrogens with zero attached hydrogens (tertiary/aromatic N) is 4. The molecule has 8 heteroatoms. The van der Waals surface area contributed by atoms with Gasteiger partial charge in [-0.2, -0.15) is 0 Å². The lowest BCUT2D eigenvalue weighted by Gasteiger charge is -2.16. The number of aromatic nitrogens is 4. The number of imidazole rings is 1. The molecule has 0 saturated carbocycles.